The van der Waals surface area contributed by atoms with Crippen LogP contribution in [0.25, 0.3) is 72.1 Å². The molecule has 0 fully saturated rings. The second-order valence-corrected chi connectivity index (χ2v) is 15.1. The summed E-state index contributed by atoms with van der Waals surface area (Å²) in [6.07, 6.45) is 1.79. The molecule has 0 saturated heterocycles. The first kappa shape index (κ1) is 35.3. The molecule has 0 unspecified atom stereocenters. The largest absolute Gasteiger partial charge is 0.500 e. The summed E-state index contributed by atoms with van der Waals surface area (Å²) in [5.41, 5.74) is 16.2. The van der Waals surface area contributed by atoms with E-state index in [-0.39, 0.29) is 31.9 Å². The summed E-state index contributed by atoms with van der Waals surface area (Å²) >= 11 is 0. The van der Waals surface area contributed by atoms with E-state index in [1.807, 2.05) is 60.7 Å². The van der Waals surface area contributed by atoms with E-state index in [0.29, 0.717) is 0 Å². The van der Waals surface area contributed by atoms with Crippen molar-refractivity contribution >= 4 is 43.7 Å². The Hall–Kier alpha value is -6.91. The molecule has 281 valence electrons. The molecular formula is C54H33IrN3O-2. The monoisotopic (exact) mass is 932 g/mol. The number of rotatable bonds is 3. The van der Waals surface area contributed by atoms with Gasteiger partial charge in [0.15, 0.2) is 0 Å². The van der Waals surface area contributed by atoms with Gasteiger partial charge < -0.3 is 14.0 Å². The first-order valence-corrected chi connectivity index (χ1v) is 19.7. The zero-order valence-corrected chi connectivity index (χ0v) is 34.0. The number of hydrogen-bond donors (Lipinski definition) is 0. The molecule has 0 saturated carbocycles. The summed E-state index contributed by atoms with van der Waals surface area (Å²) in [5, 5.41) is 4.54. The Morgan fingerprint density at radius 2 is 1.17 bits per heavy atom. The van der Waals surface area contributed by atoms with Crippen LogP contribution in [0.15, 0.2) is 193 Å². The first-order chi connectivity index (χ1) is 28.8. The summed E-state index contributed by atoms with van der Waals surface area (Å²) in [6, 6.07) is 70.5. The third-order valence-electron chi connectivity index (χ3n) is 11.9. The molecule has 3 aliphatic rings. The van der Waals surface area contributed by atoms with E-state index in [9.17, 15) is 0 Å². The average molecular weight is 932 g/mol. The van der Waals surface area contributed by atoms with Crippen molar-refractivity contribution in [3.63, 3.8) is 0 Å². The summed E-state index contributed by atoms with van der Waals surface area (Å²) in [6.45, 7) is 0. The van der Waals surface area contributed by atoms with E-state index in [4.69, 9.17) is 9.40 Å². The standard InChI is InChI=1S/C43H25N2O.C11H8N.Ir/c1-2-11-26(12-3-1)45-38-20-9-8-19-37(38)44-43(45)33-18-10-17-31-32-22-21-25-23-35-36(24-34(25)42(32)46-41(31)33)40-29-15-6-4-13-27(29)39(35)28-14-5-7-16-30(28)40;1-2-6-10(7-3-1)11-8-4-5-9-12-11;/h1-17,19-24,39-40H;1-6,8-9H;/q2*-1;. The van der Waals surface area contributed by atoms with Crippen molar-refractivity contribution in [3.05, 3.63) is 234 Å². The summed E-state index contributed by atoms with van der Waals surface area (Å²) < 4.78 is 9.18. The maximum atomic E-state index is 6.96. The van der Waals surface area contributed by atoms with Gasteiger partial charge in [-0.1, -0.05) is 114 Å². The van der Waals surface area contributed by atoms with Gasteiger partial charge in [0, 0.05) is 54.6 Å². The van der Waals surface area contributed by atoms with Crippen molar-refractivity contribution in [1.82, 2.24) is 14.5 Å². The van der Waals surface area contributed by atoms with Crippen molar-refractivity contribution in [3.8, 4) is 28.3 Å². The summed E-state index contributed by atoms with van der Waals surface area (Å²) in [5.74, 6) is 1.28. The second kappa shape index (κ2) is 14.2. The average Bonchev–Trinajstić information content (AvgIpc) is 3.89. The quantitative estimate of drug-likeness (QED) is 0.166. The van der Waals surface area contributed by atoms with Gasteiger partial charge in [-0.25, -0.2) is 0 Å². The van der Waals surface area contributed by atoms with Crippen LogP contribution < -0.4 is 0 Å². The fourth-order valence-corrected chi connectivity index (χ4v) is 9.46. The molecule has 0 spiro atoms. The van der Waals surface area contributed by atoms with E-state index in [2.05, 4.69) is 143 Å². The van der Waals surface area contributed by atoms with Crippen molar-refractivity contribution in [2.24, 2.45) is 0 Å². The van der Waals surface area contributed by atoms with Crippen molar-refractivity contribution in [2.45, 2.75) is 11.8 Å². The molecule has 0 aliphatic heterocycles. The van der Waals surface area contributed by atoms with Gasteiger partial charge in [-0.2, -0.15) is 0 Å². The molecule has 8 aromatic carbocycles. The summed E-state index contributed by atoms with van der Waals surface area (Å²) in [7, 11) is 0. The Labute approximate surface area is 354 Å². The minimum atomic E-state index is 0. The third-order valence-corrected chi connectivity index (χ3v) is 11.9. The van der Waals surface area contributed by atoms with Crippen LogP contribution in [0.2, 0.25) is 0 Å². The minimum absolute atomic E-state index is 0. The molecule has 14 rings (SSSR count). The number of pyridine rings is 1. The molecule has 1 radical (unpaired) electrons. The zero-order chi connectivity index (χ0) is 38.2. The van der Waals surface area contributed by atoms with E-state index in [1.165, 1.54) is 38.8 Å². The fraction of sp³-hybridized carbons (Fsp3) is 0.0370. The molecule has 59 heavy (non-hydrogen) atoms. The van der Waals surface area contributed by atoms with E-state index >= 15 is 0 Å². The second-order valence-electron chi connectivity index (χ2n) is 15.1. The number of benzene rings is 8. The SMILES string of the molecule is [Ir].[c-]1ccc2c(oc3c4cc5c(cc4ccc23)C2c3ccccc3C5c3ccccc32)c1-c1nc2ccccc2n1-c1ccccc1.[c-]1ccccc1-c1ccccn1. The van der Waals surface area contributed by atoms with Crippen LogP contribution in [0.1, 0.15) is 45.2 Å². The van der Waals surface area contributed by atoms with Crippen molar-refractivity contribution in [1.29, 1.82) is 0 Å². The van der Waals surface area contributed by atoms with Gasteiger partial charge in [0.05, 0.1) is 22.4 Å². The van der Waals surface area contributed by atoms with Crippen LogP contribution in [0.5, 0.6) is 0 Å². The molecule has 11 aromatic rings. The number of fused-ring (bicyclic) bond motifs is 6. The van der Waals surface area contributed by atoms with E-state index in [0.717, 1.165) is 66.7 Å². The fourth-order valence-electron chi connectivity index (χ4n) is 9.46. The van der Waals surface area contributed by atoms with Crippen LogP contribution in [0.4, 0.5) is 0 Å². The number of hydrogen-bond acceptors (Lipinski definition) is 3. The van der Waals surface area contributed by atoms with Gasteiger partial charge in [0.2, 0.25) is 0 Å². The molecule has 3 heterocycles. The Kier molecular flexibility index (Phi) is 8.47. The molecule has 0 N–H and O–H groups in total. The Morgan fingerprint density at radius 1 is 0.508 bits per heavy atom. The zero-order valence-electron chi connectivity index (χ0n) is 31.6. The van der Waals surface area contributed by atoms with Crippen molar-refractivity contribution < 1.29 is 24.5 Å². The molecule has 3 aromatic heterocycles. The maximum Gasteiger partial charge on any atom is 0.128 e. The van der Waals surface area contributed by atoms with Crippen LogP contribution in [-0.4, -0.2) is 14.5 Å². The van der Waals surface area contributed by atoms with Crippen molar-refractivity contribution in [2.75, 3.05) is 0 Å². The van der Waals surface area contributed by atoms with Gasteiger partial charge in [0.1, 0.15) is 5.58 Å². The van der Waals surface area contributed by atoms with Gasteiger partial charge in [-0.05, 0) is 86.9 Å². The van der Waals surface area contributed by atoms with Gasteiger partial charge >= 0.3 is 0 Å². The molecule has 0 amide bonds. The Morgan fingerprint density at radius 3 is 1.88 bits per heavy atom. The minimum Gasteiger partial charge on any atom is -0.500 e. The number of para-hydroxylation sites is 3. The molecule has 3 aliphatic carbocycles. The van der Waals surface area contributed by atoms with Crippen LogP contribution in [0.3, 0.4) is 0 Å². The number of aromatic nitrogens is 3. The normalized spacial score (nSPS) is 14.6. The smallest absolute Gasteiger partial charge is 0.128 e. The van der Waals surface area contributed by atoms with Gasteiger partial charge in [-0.3, -0.25) is 4.98 Å². The Bertz CT molecular complexity index is 3270. The molecule has 0 atom stereocenters. The topological polar surface area (TPSA) is 43.9 Å². The van der Waals surface area contributed by atoms with Crippen LogP contribution in [0, 0.1) is 12.1 Å². The molecule has 4 nitrogen and oxygen atoms in total. The van der Waals surface area contributed by atoms with Gasteiger partial charge in [-0.15, -0.1) is 54.1 Å². The van der Waals surface area contributed by atoms with Crippen LogP contribution >= 0.6 is 0 Å². The number of nitrogens with zero attached hydrogens (tertiary/aromatic N) is 3. The predicted molar refractivity (Wildman–Crippen MR) is 233 cm³/mol. The van der Waals surface area contributed by atoms with E-state index in [1.54, 1.807) is 6.20 Å². The number of imidazole rings is 1. The first-order valence-electron chi connectivity index (χ1n) is 19.7. The van der Waals surface area contributed by atoms with Crippen LogP contribution in [-0.2, 0) is 20.1 Å². The molecular weight excluding hydrogens is 899 g/mol. The van der Waals surface area contributed by atoms with E-state index < -0.39 is 0 Å². The third kappa shape index (κ3) is 5.54. The van der Waals surface area contributed by atoms with Gasteiger partial charge in [0.25, 0.3) is 0 Å². The molecule has 2 bridgehead atoms. The predicted octanol–water partition coefficient (Wildman–Crippen LogP) is 13.1. The molecule has 5 heteroatoms. The Balaban J connectivity index is 0.000000264. The number of furan rings is 1. The maximum absolute atomic E-state index is 6.96. The summed E-state index contributed by atoms with van der Waals surface area (Å²) in [4.78, 5) is 9.36.